The van der Waals surface area contributed by atoms with Crippen molar-refractivity contribution in [3.63, 3.8) is 0 Å². The summed E-state index contributed by atoms with van der Waals surface area (Å²) < 4.78 is 5.09. The first-order chi connectivity index (χ1) is 7.72. The predicted octanol–water partition coefficient (Wildman–Crippen LogP) is 2.66. The van der Waals surface area contributed by atoms with Crippen LogP contribution in [0.15, 0.2) is 24.3 Å². The number of carbonyl (C=O) groups is 1. The number of benzene rings is 1. The summed E-state index contributed by atoms with van der Waals surface area (Å²) in [6.45, 7) is 0. The lowest BCUT2D eigenvalue weighted by Crippen LogP contribution is -2.16. The van der Waals surface area contributed by atoms with Crippen LogP contribution in [0, 0.1) is 5.92 Å². The molecule has 2 unspecified atom stereocenters. The van der Waals surface area contributed by atoms with Gasteiger partial charge in [0.25, 0.3) is 0 Å². The lowest BCUT2D eigenvalue weighted by Gasteiger charge is -2.16. The lowest BCUT2D eigenvalue weighted by atomic mass is 9.89. The monoisotopic (exact) mass is 220 g/mol. The number of hydrogen-bond acceptors (Lipinski definition) is 2. The van der Waals surface area contributed by atoms with E-state index in [0.717, 1.165) is 30.6 Å². The fraction of sp³-hybridized carbons (Fsp3) is 0.462. The Bertz CT molecular complexity index is 369. The molecule has 0 radical (unpaired) electrons. The van der Waals surface area contributed by atoms with Gasteiger partial charge in [-0.2, -0.15) is 0 Å². The highest BCUT2D eigenvalue weighted by Gasteiger charge is 2.33. The molecule has 1 aromatic carbocycles. The number of carboxylic acid groups (broad SMARTS) is 1. The van der Waals surface area contributed by atoms with E-state index in [4.69, 9.17) is 9.84 Å². The van der Waals surface area contributed by atoms with Crippen molar-refractivity contribution < 1.29 is 14.6 Å². The molecule has 2 rings (SSSR count). The zero-order valence-corrected chi connectivity index (χ0v) is 9.35. The van der Waals surface area contributed by atoms with Gasteiger partial charge in [0.2, 0.25) is 0 Å². The quantitative estimate of drug-likeness (QED) is 0.851. The van der Waals surface area contributed by atoms with Crippen LogP contribution in [0.3, 0.4) is 0 Å². The summed E-state index contributed by atoms with van der Waals surface area (Å²) >= 11 is 0. The van der Waals surface area contributed by atoms with E-state index in [1.807, 2.05) is 24.3 Å². The van der Waals surface area contributed by atoms with E-state index in [-0.39, 0.29) is 11.8 Å². The van der Waals surface area contributed by atoms with Crippen LogP contribution < -0.4 is 4.74 Å². The van der Waals surface area contributed by atoms with Crippen LogP contribution >= 0.6 is 0 Å². The topological polar surface area (TPSA) is 46.5 Å². The average Bonchev–Trinajstić information content (AvgIpc) is 2.78. The first kappa shape index (κ1) is 11.0. The molecule has 86 valence electrons. The molecule has 3 heteroatoms. The molecule has 0 amide bonds. The maximum atomic E-state index is 11.1. The van der Waals surface area contributed by atoms with E-state index in [2.05, 4.69) is 0 Å². The van der Waals surface area contributed by atoms with Crippen LogP contribution in [0.5, 0.6) is 5.75 Å². The summed E-state index contributed by atoms with van der Waals surface area (Å²) in [6, 6.07) is 7.74. The fourth-order valence-corrected chi connectivity index (χ4v) is 2.51. The van der Waals surface area contributed by atoms with Gasteiger partial charge in [0, 0.05) is 0 Å². The van der Waals surface area contributed by atoms with Crippen molar-refractivity contribution in [1.82, 2.24) is 0 Å². The lowest BCUT2D eigenvalue weighted by molar-refractivity contribution is -0.142. The van der Waals surface area contributed by atoms with Gasteiger partial charge >= 0.3 is 5.97 Å². The largest absolute Gasteiger partial charge is 0.497 e. The molecule has 0 aromatic heterocycles. The molecular formula is C13H16O3. The van der Waals surface area contributed by atoms with Crippen LogP contribution in [0.4, 0.5) is 0 Å². The Kier molecular flexibility index (Phi) is 3.13. The Balaban J connectivity index is 2.19. The van der Waals surface area contributed by atoms with Gasteiger partial charge in [-0.05, 0) is 36.5 Å². The molecule has 1 fully saturated rings. The second-order valence-electron chi connectivity index (χ2n) is 4.26. The molecule has 0 saturated heterocycles. The summed E-state index contributed by atoms with van der Waals surface area (Å²) in [4.78, 5) is 11.1. The predicted molar refractivity (Wildman–Crippen MR) is 60.7 cm³/mol. The average molecular weight is 220 g/mol. The standard InChI is InChI=1S/C13H16O3/c1-16-10-7-5-9(6-8-10)11-3-2-4-12(11)13(14)15/h5-8,11-12H,2-4H2,1H3,(H,14,15). The van der Waals surface area contributed by atoms with E-state index in [9.17, 15) is 4.79 Å². The van der Waals surface area contributed by atoms with Crippen molar-refractivity contribution in [2.24, 2.45) is 5.92 Å². The van der Waals surface area contributed by atoms with Crippen molar-refractivity contribution in [2.45, 2.75) is 25.2 Å². The molecule has 1 aliphatic rings. The van der Waals surface area contributed by atoms with Crippen molar-refractivity contribution in [2.75, 3.05) is 7.11 Å². The van der Waals surface area contributed by atoms with E-state index >= 15 is 0 Å². The maximum Gasteiger partial charge on any atom is 0.307 e. The normalized spacial score (nSPS) is 24.3. The molecule has 2 atom stereocenters. The minimum Gasteiger partial charge on any atom is -0.497 e. The van der Waals surface area contributed by atoms with Crippen LogP contribution in [-0.4, -0.2) is 18.2 Å². The number of rotatable bonds is 3. The summed E-state index contributed by atoms with van der Waals surface area (Å²) in [6.07, 6.45) is 2.78. The third kappa shape index (κ3) is 2.03. The molecule has 0 bridgehead atoms. The molecule has 1 aliphatic carbocycles. The minimum absolute atomic E-state index is 0.170. The van der Waals surface area contributed by atoms with Gasteiger partial charge in [0.15, 0.2) is 0 Å². The number of hydrogen-bond donors (Lipinski definition) is 1. The second-order valence-corrected chi connectivity index (χ2v) is 4.26. The molecule has 1 N–H and O–H groups in total. The van der Waals surface area contributed by atoms with Gasteiger partial charge in [-0.3, -0.25) is 4.79 Å². The Morgan fingerprint density at radius 3 is 2.56 bits per heavy atom. The molecular weight excluding hydrogens is 204 g/mol. The third-order valence-corrected chi connectivity index (χ3v) is 3.38. The highest BCUT2D eigenvalue weighted by molar-refractivity contribution is 5.71. The SMILES string of the molecule is COc1ccc(C2CCCC2C(=O)O)cc1. The Morgan fingerprint density at radius 1 is 1.31 bits per heavy atom. The van der Waals surface area contributed by atoms with Gasteiger partial charge in [0.05, 0.1) is 13.0 Å². The number of ether oxygens (including phenoxy) is 1. The molecule has 0 spiro atoms. The zero-order chi connectivity index (χ0) is 11.5. The fourth-order valence-electron chi connectivity index (χ4n) is 2.51. The Morgan fingerprint density at radius 2 is 2.00 bits per heavy atom. The summed E-state index contributed by atoms with van der Waals surface area (Å²) in [5.41, 5.74) is 1.12. The summed E-state index contributed by atoms with van der Waals surface area (Å²) in [5, 5.41) is 9.12. The van der Waals surface area contributed by atoms with Gasteiger partial charge in [-0.15, -0.1) is 0 Å². The van der Waals surface area contributed by atoms with Gasteiger partial charge < -0.3 is 9.84 Å². The third-order valence-electron chi connectivity index (χ3n) is 3.38. The molecule has 0 aliphatic heterocycles. The van der Waals surface area contributed by atoms with Gasteiger partial charge in [-0.25, -0.2) is 0 Å². The Labute approximate surface area is 95.0 Å². The molecule has 0 heterocycles. The van der Waals surface area contributed by atoms with Crippen LogP contribution in [0.25, 0.3) is 0 Å². The van der Waals surface area contributed by atoms with Gasteiger partial charge in [0.1, 0.15) is 5.75 Å². The number of carboxylic acids is 1. The second kappa shape index (κ2) is 4.56. The summed E-state index contributed by atoms with van der Waals surface area (Å²) in [7, 11) is 1.63. The molecule has 16 heavy (non-hydrogen) atoms. The van der Waals surface area contributed by atoms with Crippen molar-refractivity contribution in [3.05, 3.63) is 29.8 Å². The van der Waals surface area contributed by atoms with Crippen molar-refractivity contribution >= 4 is 5.97 Å². The van der Waals surface area contributed by atoms with Crippen LogP contribution in [-0.2, 0) is 4.79 Å². The molecule has 1 saturated carbocycles. The first-order valence-electron chi connectivity index (χ1n) is 5.59. The highest BCUT2D eigenvalue weighted by Crippen LogP contribution is 2.40. The van der Waals surface area contributed by atoms with E-state index in [1.165, 1.54) is 0 Å². The van der Waals surface area contributed by atoms with E-state index in [0.29, 0.717) is 0 Å². The van der Waals surface area contributed by atoms with E-state index in [1.54, 1.807) is 7.11 Å². The smallest absolute Gasteiger partial charge is 0.307 e. The van der Waals surface area contributed by atoms with Crippen LogP contribution in [0.2, 0.25) is 0 Å². The summed E-state index contributed by atoms with van der Waals surface area (Å²) in [5.74, 6) is 0.101. The maximum absolute atomic E-state index is 11.1. The van der Waals surface area contributed by atoms with Crippen LogP contribution in [0.1, 0.15) is 30.7 Å². The number of aliphatic carboxylic acids is 1. The minimum atomic E-state index is -0.668. The van der Waals surface area contributed by atoms with Gasteiger partial charge in [-0.1, -0.05) is 18.6 Å². The Hall–Kier alpha value is -1.51. The highest BCUT2D eigenvalue weighted by atomic mass is 16.5. The number of methoxy groups -OCH3 is 1. The van der Waals surface area contributed by atoms with Crippen molar-refractivity contribution in [3.8, 4) is 5.75 Å². The van der Waals surface area contributed by atoms with E-state index < -0.39 is 5.97 Å². The first-order valence-corrected chi connectivity index (χ1v) is 5.59. The van der Waals surface area contributed by atoms with Crippen molar-refractivity contribution in [1.29, 1.82) is 0 Å². The molecule has 1 aromatic rings. The zero-order valence-electron chi connectivity index (χ0n) is 9.35. The molecule has 3 nitrogen and oxygen atoms in total.